The Balaban J connectivity index is 0.00000161. The lowest BCUT2D eigenvalue weighted by atomic mass is 9.94. The van der Waals surface area contributed by atoms with Crippen molar-refractivity contribution < 1.29 is 4.79 Å². The number of hydrogen-bond donors (Lipinski definition) is 3. The summed E-state index contributed by atoms with van der Waals surface area (Å²) in [6.07, 6.45) is 7.67. The standard InChI is InChI=1S/C13H22N6O.ClH/c14-10-5-3-4-9(10)8-11(20)15-13(6-1-2-7-13)12-16-18-19-17-12;/h9-10H,1-8,14H2,(H,15,20)(H,16,17,18,19);1H/t9-,10+;/m0./s1. The number of tetrazole rings is 1. The van der Waals surface area contributed by atoms with Gasteiger partial charge in [0.2, 0.25) is 5.91 Å². The predicted molar refractivity (Wildman–Crippen MR) is 79.6 cm³/mol. The maximum atomic E-state index is 12.3. The topological polar surface area (TPSA) is 110 Å². The summed E-state index contributed by atoms with van der Waals surface area (Å²) < 4.78 is 0. The molecule has 0 aliphatic heterocycles. The van der Waals surface area contributed by atoms with Crippen LogP contribution in [0.1, 0.15) is 57.2 Å². The number of aromatic amines is 1. The van der Waals surface area contributed by atoms with Gasteiger partial charge in [0.15, 0.2) is 5.82 Å². The number of nitrogens with zero attached hydrogens (tertiary/aromatic N) is 3. The molecule has 2 aliphatic carbocycles. The number of nitrogens with one attached hydrogen (secondary N) is 2. The summed E-state index contributed by atoms with van der Waals surface area (Å²) in [5.41, 5.74) is 5.62. The van der Waals surface area contributed by atoms with Crippen LogP contribution in [0.15, 0.2) is 0 Å². The molecule has 1 aromatic rings. The monoisotopic (exact) mass is 314 g/mol. The Hall–Kier alpha value is -1.21. The van der Waals surface area contributed by atoms with E-state index in [0.29, 0.717) is 18.2 Å². The van der Waals surface area contributed by atoms with Gasteiger partial charge >= 0.3 is 0 Å². The molecule has 2 atom stereocenters. The van der Waals surface area contributed by atoms with Crippen LogP contribution in [0.2, 0.25) is 0 Å². The van der Waals surface area contributed by atoms with Crippen molar-refractivity contribution in [1.82, 2.24) is 25.9 Å². The first kappa shape index (κ1) is 16.2. The Kier molecular flexibility index (Phi) is 5.16. The van der Waals surface area contributed by atoms with Crippen molar-refractivity contribution in [1.29, 1.82) is 0 Å². The average Bonchev–Trinajstić information content (AvgIpc) is 3.12. The second kappa shape index (κ2) is 6.70. The molecule has 0 spiro atoms. The summed E-state index contributed by atoms with van der Waals surface area (Å²) in [5.74, 6) is 0.997. The van der Waals surface area contributed by atoms with Crippen LogP contribution in [0.5, 0.6) is 0 Å². The Morgan fingerprint density at radius 1 is 1.33 bits per heavy atom. The van der Waals surface area contributed by atoms with Gasteiger partial charge in [-0.05, 0) is 31.6 Å². The third kappa shape index (κ3) is 3.35. The first-order valence-electron chi connectivity index (χ1n) is 7.50. The summed E-state index contributed by atoms with van der Waals surface area (Å²) in [5, 5.41) is 17.4. The molecular formula is C13H23ClN6O. The first-order valence-corrected chi connectivity index (χ1v) is 7.50. The molecule has 21 heavy (non-hydrogen) atoms. The van der Waals surface area contributed by atoms with Gasteiger partial charge in [0.05, 0.1) is 0 Å². The van der Waals surface area contributed by atoms with E-state index in [1.807, 2.05) is 0 Å². The summed E-state index contributed by atoms with van der Waals surface area (Å²) in [4.78, 5) is 12.3. The van der Waals surface area contributed by atoms with E-state index in [1.54, 1.807) is 0 Å². The molecule has 1 amide bonds. The Labute approximate surface area is 130 Å². The molecule has 118 valence electrons. The Bertz CT molecular complexity index is 459. The zero-order chi connectivity index (χ0) is 14.0. The fourth-order valence-corrected chi connectivity index (χ4v) is 3.62. The molecule has 0 bridgehead atoms. The summed E-state index contributed by atoms with van der Waals surface area (Å²) in [6, 6.07) is 0.172. The largest absolute Gasteiger partial charge is 0.343 e. The van der Waals surface area contributed by atoms with Gasteiger partial charge in [0.1, 0.15) is 5.54 Å². The SMILES string of the molecule is Cl.N[C@@H]1CCC[C@H]1CC(=O)NC1(c2nn[nH]n2)CCCC1. The lowest BCUT2D eigenvalue weighted by Gasteiger charge is -2.27. The molecule has 8 heteroatoms. The minimum atomic E-state index is -0.424. The first-order chi connectivity index (χ1) is 9.70. The summed E-state index contributed by atoms with van der Waals surface area (Å²) >= 11 is 0. The second-order valence-electron chi connectivity index (χ2n) is 6.13. The van der Waals surface area contributed by atoms with Crippen molar-refractivity contribution >= 4 is 18.3 Å². The third-order valence-electron chi connectivity index (χ3n) is 4.77. The predicted octanol–water partition coefficient (Wildman–Crippen LogP) is 1.02. The van der Waals surface area contributed by atoms with Crippen molar-refractivity contribution in [3.05, 3.63) is 5.82 Å². The van der Waals surface area contributed by atoms with Gasteiger partial charge in [0, 0.05) is 12.5 Å². The lowest BCUT2D eigenvalue weighted by Crippen LogP contribution is -2.45. The lowest BCUT2D eigenvalue weighted by molar-refractivity contribution is -0.124. The number of amides is 1. The molecular weight excluding hydrogens is 292 g/mol. The summed E-state index contributed by atoms with van der Waals surface area (Å²) in [6.45, 7) is 0. The van der Waals surface area contributed by atoms with E-state index < -0.39 is 5.54 Å². The number of halogens is 1. The van der Waals surface area contributed by atoms with Crippen LogP contribution in [-0.4, -0.2) is 32.6 Å². The van der Waals surface area contributed by atoms with Crippen LogP contribution in [0, 0.1) is 5.92 Å². The maximum Gasteiger partial charge on any atom is 0.221 e. The van der Waals surface area contributed by atoms with Crippen molar-refractivity contribution in [3.8, 4) is 0 Å². The fraction of sp³-hybridized carbons (Fsp3) is 0.846. The van der Waals surface area contributed by atoms with E-state index in [9.17, 15) is 4.79 Å². The molecule has 2 fully saturated rings. The third-order valence-corrected chi connectivity index (χ3v) is 4.77. The quantitative estimate of drug-likeness (QED) is 0.768. The molecule has 3 rings (SSSR count). The van der Waals surface area contributed by atoms with Gasteiger partial charge in [-0.25, -0.2) is 0 Å². The van der Waals surface area contributed by atoms with E-state index in [4.69, 9.17) is 5.73 Å². The maximum absolute atomic E-state index is 12.3. The van der Waals surface area contributed by atoms with Crippen molar-refractivity contribution in [2.75, 3.05) is 0 Å². The molecule has 0 unspecified atom stereocenters. The van der Waals surface area contributed by atoms with E-state index in [2.05, 4.69) is 25.9 Å². The van der Waals surface area contributed by atoms with Crippen molar-refractivity contribution in [3.63, 3.8) is 0 Å². The molecule has 2 saturated carbocycles. The van der Waals surface area contributed by atoms with Gasteiger partial charge in [-0.2, -0.15) is 5.21 Å². The van der Waals surface area contributed by atoms with Gasteiger partial charge in [-0.3, -0.25) is 4.79 Å². The number of nitrogens with two attached hydrogens (primary N) is 1. The molecule has 2 aliphatic rings. The molecule has 0 radical (unpaired) electrons. The zero-order valence-electron chi connectivity index (χ0n) is 12.0. The van der Waals surface area contributed by atoms with Crippen LogP contribution in [0.4, 0.5) is 0 Å². The van der Waals surface area contributed by atoms with Gasteiger partial charge in [0.25, 0.3) is 0 Å². The molecule has 0 aromatic carbocycles. The molecule has 1 aromatic heterocycles. The van der Waals surface area contributed by atoms with Gasteiger partial charge in [-0.1, -0.05) is 24.5 Å². The zero-order valence-corrected chi connectivity index (χ0v) is 12.9. The number of aromatic nitrogens is 4. The van der Waals surface area contributed by atoms with Crippen LogP contribution in [0.25, 0.3) is 0 Å². The molecule has 1 heterocycles. The van der Waals surface area contributed by atoms with Crippen molar-refractivity contribution in [2.45, 2.75) is 62.9 Å². The highest BCUT2D eigenvalue weighted by Gasteiger charge is 2.41. The fourth-order valence-electron chi connectivity index (χ4n) is 3.62. The molecule has 7 nitrogen and oxygen atoms in total. The van der Waals surface area contributed by atoms with E-state index in [-0.39, 0.29) is 24.4 Å². The van der Waals surface area contributed by atoms with E-state index in [1.165, 1.54) is 0 Å². The highest BCUT2D eigenvalue weighted by Crippen LogP contribution is 2.37. The summed E-state index contributed by atoms with van der Waals surface area (Å²) in [7, 11) is 0. The van der Waals surface area contributed by atoms with Crippen LogP contribution >= 0.6 is 12.4 Å². The van der Waals surface area contributed by atoms with Crippen LogP contribution in [-0.2, 0) is 10.3 Å². The minimum Gasteiger partial charge on any atom is -0.343 e. The van der Waals surface area contributed by atoms with Crippen LogP contribution in [0.3, 0.4) is 0 Å². The number of H-pyrrole nitrogens is 1. The highest BCUT2D eigenvalue weighted by atomic mass is 35.5. The molecule has 0 saturated heterocycles. The Morgan fingerprint density at radius 2 is 2.10 bits per heavy atom. The normalized spacial score (nSPS) is 27.3. The van der Waals surface area contributed by atoms with Crippen LogP contribution < -0.4 is 11.1 Å². The van der Waals surface area contributed by atoms with E-state index >= 15 is 0 Å². The minimum absolute atomic E-state index is 0. The number of carbonyl (C=O) groups excluding carboxylic acids is 1. The number of rotatable bonds is 4. The van der Waals surface area contributed by atoms with Crippen molar-refractivity contribution in [2.24, 2.45) is 11.7 Å². The average molecular weight is 315 g/mol. The smallest absolute Gasteiger partial charge is 0.221 e. The number of hydrogen-bond acceptors (Lipinski definition) is 5. The van der Waals surface area contributed by atoms with Gasteiger partial charge in [-0.15, -0.1) is 22.6 Å². The number of carbonyl (C=O) groups is 1. The second-order valence-corrected chi connectivity index (χ2v) is 6.13. The highest BCUT2D eigenvalue weighted by molar-refractivity contribution is 5.85. The van der Waals surface area contributed by atoms with E-state index in [0.717, 1.165) is 44.9 Å². The van der Waals surface area contributed by atoms with Gasteiger partial charge < -0.3 is 11.1 Å². The Morgan fingerprint density at radius 3 is 2.67 bits per heavy atom. The molecule has 4 N–H and O–H groups in total.